The minimum absolute atomic E-state index is 0.0824. The van der Waals surface area contributed by atoms with Crippen LogP contribution in [0.4, 0.5) is 13.2 Å². The van der Waals surface area contributed by atoms with Gasteiger partial charge in [0, 0.05) is 30.2 Å². The number of fused-ring (bicyclic) bond motifs is 1. The molecule has 2 aromatic rings. The Kier molecular flexibility index (Phi) is 5.10. The SMILES string of the molecule is CC(C)(C)Cc1cn(CCNS(=O)(=O)C2CC2)c2ccc(C(F)(F)F)cc12. The van der Waals surface area contributed by atoms with E-state index in [4.69, 9.17) is 0 Å². The average Bonchev–Trinajstić information content (AvgIpc) is 3.31. The predicted octanol–water partition coefficient (Wildman–Crippen LogP) is 4.33. The molecule has 0 amide bonds. The Morgan fingerprint density at radius 3 is 2.41 bits per heavy atom. The first kappa shape index (κ1) is 20.2. The molecule has 27 heavy (non-hydrogen) atoms. The molecule has 0 spiro atoms. The van der Waals surface area contributed by atoms with Gasteiger partial charge in [-0.25, -0.2) is 13.1 Å². The summed E-state index contributed by atoms with van der Waals surface area (Å²) >= 11 is 0. The molecule has 1 fully saturated rings. The smallest absolute Gasteiger partial charge is 0.346 e. The van der Waals surface area contributed by atoms with Gasteiger partial charge in [0.05, 0.1) is 10.8 Å². The number of hydrogen-bond acceptors (Lipinski definition) is 2. The van der Waals surface area contributed by atoms with Gasteiger partial charge >= 0.3 is 6.18 Å². The van der Waals surface area contributed by atoms with E-state index in [0.29, 0.717) is 36.7 Å². The molecule has 1 N–H and O–H groups in total. The van der Waals surface area contributed by atoms with E-state index in [-0.39, 0.29) is 17.2 Å². The fourth-order valence-electron chi connectivity index (χ4n) is 3.25. The van der Waals surface area contributed by atoms with Crippen molar-refractivity contribution in [3.8, 4) is 0 Å². The third-order valence-electron chi connectivity index (χ3n) is 4.63. The Balaban J connectivity index is 1.90. The van der Waals surface area contributed by atoms with Gasteiger partial charge < -0.3 is 4.57 Å². The van der Waals surface area contributed by atoms with E-state index < -0.39 is 21.8 Å². The zero-order valence-corrected chi connectivity index (χ0v) is 16.5. The number of benzene rings is 1. The van der Waals surface area contributed by atoms with Crippen LogP contribution in [0.1, 0.15) is 44.7 Å². The highest BCUT2D eigenvalue weighted by atomic mass is 32.2. The van der Waals surface area contributed by atoms with Crippen LogP contribution in [0.15, 0.2) is 24.4 Å². The normalized spacial score (nSPS) is 16.2. The lowest BCUT2D eigenvalue weighted by Crippen LogP contribution is -2.30. The van der Waals surface area contributed by atoms with Crippen LogP contribution in [-0.2, 0) is 29.2 Å². The number of aromatic nitrogens is 1. The molecule has 0 bridgehead atoms. The average molecular weight is 402 g/mol. The molecule has 150 valence electrons. The van der Waals surface area contributed by atoms with Crippen molar-refractivity contribution in [3.05, 3.63) is 35.5 Å². The highest BCUT2D eigenvalue weighted by Crippen LogP contribution is 2.35. The molecule has 1 aromatic heterocycles. The van der Waals surface area contributed by atoms with Crippen molar-refractivity contribution in [2.45, 2.75) is 58.0 Å². The molecule has 1 aromatic carbocycles. The highest BCUT2D eigenvalue weighted by molar-refractivity contribution is 7.90. The molecule has 0 aliphatic heterocycles. The van der Waals surface area contributed by atoms with Crippen molar-refractivity contribution in [2.24, 2.45) is 5.41 Å². The molecular weight excluding hydrogens is 377 g/mol. The fraction of sp³-hybridized carbons (Fsp3) is 0.579. The van der Waals surface area contributed by atoms with Crippen LogP contribution in [-0.4, -0.2) is 24.8 Å². The zero-order valence-electron chi connectivity index (χ0n) is 15.7. The first-order valence-corrected chi connectivity index (χ1v) is 10.6. The van der Waals surface area contributed by atoms with Crippen molar-refractivity contribution < 1.29 is 21.6 Å². The van der Waals surface area contributed by atoms with Crippen LogP contribution in [0.25, 0.3) is 10.9 Å². The van der Waals surface area contributed by atoms with E-state index >= 15 is 0 Å². The summed E-state index contributed by atoms with van der Waals surface area (Å²) in [7, 11) is -3.27. The van der Waals surface area contributed by atoms with E-state index in [1.807, 2.05) is 31.5 Å². The summed E-state index contributed by atoms with van der Waals surface area (Å²) in [4.78, 5) is 0. The second kappa shape index (κ2) is 6.81. The summed E-state index contributed by atoms with van der Waals surface area (Å²) in [6.07, 6.45) is -0.530. The summed E-state index contributed by atoms with van der Waals surface area (Å²) in [5.74, 6) is 0. The number of nitrogens with zero attached hydrogens (tertiary/aromatic N) is 1. The summed E-state index contributed by atoms with van der Waals surface area (Å²) in [5.41, 5.74) is 0.778. The molecule has 3 rings (SSSR count). The van der Waals surface area contributed by atoms with Crippen molar-refractivity contribution in [1.82, 2.24) is 9.29 Å². The predicted molar refractivity (Wildman–Crippen MR) is 100 cm³/mol. The van der Waals surface area contributed by atoms with E-state index in [9.17, 15) is 21.6 Å². The second-order valence-electron chi connectivity index (χ2n) is 8.45. The van der Waals surface area contributed by atoms with Crippen LogP contribution in [0, 0.1) is 5.41 Å². The first-order chi connectivity index (χ1) is 12.4. The van der Waals surface area contributed by atoms with Gasteiger partial charge in [0.1, 0.15) is 0 Å². The van der Waals surface area contributed by atoms with Gasteiger partial charge in [-0.1, -0.05) is 20.8 Å². The maximum Gasteiger partial charge on any atom is 0.416 e. The Hall–Kier alpha value is -1.54. The van der Waals surface area contributed by atoms with Crippen molar-refractivity contribution in [2.75, 3.05) is 6.54 Å². The third-order valence-corrected chi connectivity index (χ3v) is 6.59. The van der Waals surface area contributed by atoms with Crippen LogP contribution in [0.5, 0.6) is 0 Å². The standard InChI is InChI=1S/C19H25F3N2O2S/c1-18(2,3)11-13-12-24(9-8-23-27(25,26)15-5-6-15)17-7-4-14(10-16(13)17)19(20,21)22/h4,7,10,12,15,23H,5-6,8-9,11H2,1-3H3. The Morgan fingerprint density at radius 1 is 1.19 bits per heavy atom. The fourth-order valence-corrected chi connectivity index (χ4v) is 4.62. The Morgan fingerprint density at radius 2 is 1.85 bits per heavy atom. The maximum absolute atomic E-state index is 13.1. The molecule has 0 unspecified atom stereocenters. The topological polar surface area (TPSA) is 51.1 Å². The molecule has 0 atom stereocenters. The number of hydrogen-bond donors (Lipinski definition) is 1. The van der Waals surface area contributed by atoms with Crippen LogP contribution in [0.2, 0.25) is 0 Å². The van der Waals surface area contributed by atoms with E-state index in [2.05, 4.69) is 4.72 Å². The van der Waals surface area contributed by atoms with Crippen molar-refractivity contribution >= 4 is 20.9 Å². The lowest BCUT2D eigenvalue weighted by atomic mass is 9.88. The lowest BCUT2D eigenvalue weighted by Gasteiger charge is -2.17. The van der Waals surface area contributed by atoms with Gasteiger partial charge in [0.2, 0.25) is 10.0 Å². The van der Waals surface area contributed by atoms with Gasteiger partial charge in [-0.15, -0.1) is 0 Å². The molecule has 1 heterocycles. The Labute approximate surface area is 157 Å². The van der Waals surface area contributed by atoms with Crippen molar-refractivity contribution in [3.63, 3.8) is 0 Å². The number of nitrogens with one attached hydrogen (secondary N) is 1. The maximum atomic E-state index is 13.1. The zero-order chi connectivity index (χ0) is 20.0. The summed E-state index contributed by atoms with van der Waals surface area (Å²) in [5, 5.41) is 0.287. The Bertz CT molecular complexity index is 936. The number of alkyl halides is 3. The molecule has 1 aliphatic carbocycles. The number of halogens is 3. The molecule has 8 heteroatoms. The molecule has 0 radical (unpaired) electrons. The molecular formula is C19H25F3N2O2S. The monoisotopic (exact) mass is 402 g/mol. The van der Waals surface area contributed by atoms with Crippen LogP contribution >= 0.6 is 0 Å². The van der Waals surface area contributed by atoms with Gasteiger partial charge in [-0.2, -0.15) is 13.2 Å². The summed E-state index contributed by atoms with van der Waals surface area (Å²) in [6, 6.07) is 3.75. The summed E-state index contributed by atoms with van der Waals surface area (Å²) in [6.45, 7) is 6.70. The quantitative estimate of drug-likeness (QED) is 0.782. The number of rotatable bonds is 6. The first-order valence-electron chi connectivity index (χ1n) is 9.04. The van der Waals surface area contributed by atoms with E-state index in [1.54, 1.807) is 0 Å². The second-order valence-corrected chi connectivity index (χ2v) is 10.5. The van der Waals surface area contributed by atoms with Gasteiger partial charge in [-0.3, -0.25) is 0 Å². The van der Waals surface area contributed by atoms with E-state index in [0.717, 1.165) is 11.6 Å². The molecule has 1 saturated carbocycles. The molecule has 0 saturated heterocycles. The lowest BCUT2D eigenvalue weighted by molar-refractivity contribution is -0.137. The van der Waals surface area contributed by atoms with Gasteiger partial charge in [0.15, 0.2) is 0 Å². The number of sulfonamides is 1. The third kappa shape index (κ3) is 4.85. The highest BCUT2D eigenvalue weighted by Gasteiger charge is 2.35. The van der Waals surface area contributed by atoms with Crippen LogP contribution in [0.3, 0.4) is 0 Å². The minimum Gasteiger partial charge on any atom is -0.346 e. The van der Waals surface area contributed by atoms with Crippen molar-refractivity contribution in [1.29, 1.82) is 0 Å². The minimum atomic E-state index is -4.39. The van der Waals surface area contributed by atoms with Crippen LogP contribution < -0.4 is 4.72 Å². The molecule has 4 nitrogen and oxygen atoms in total. The largest absolute Gasteiger partial charge is 0.416 e. The van der Waals surface area contributed by atoms with Gasteiger partial charge in [-0.05, 0) is 48.4 Å². The molecule has 1 aliphatic rings. The van der Waals surface area contributed by atoms with E-state index in [1.165, 1.54) is 12.1 Å². The summed E-state index contributed by atoms with van der Waals surface area (Å²) < 4.78 is 67.7. The van der Waals surface area contributed by atoms with Gasteiger partial charge in [0.25, 0.3) is 0 Å².